The molecule has 0 bridgehead atoms. The Morgan fingerprint density at radius 1 is 1.25 bits per heavy atom. The number of nitrogens with one attached hydrogen (secondary N) is 1. The third-order valence-electron chi connectivity index (χ3n) is 5.74. The Morgan fingerprint density at radius 2 is 1.94 bits per heavy atom. The molecule has 0 saturated carbocycles. The fourth-order valence-corrected chi connectivity index (χ4v) is 4.51. The van der Waals surface area contributed by atoms with E-state index in [-0.39, 0.29) is 49.5 Å². The lowest BCUT2D eigenvalue weighted by atomic mass is 9.82. The number of hydrogen-bond acceptors (Lipinski definition) is 4. The summed E-state index contributed by atoms with van der Waals surface area (Å²) in [6, 6.07) is 5.11. The monoisotopic (exact) mass is 468 g/mol. The van der Waals surface area contributed by atoms with Gasteiger partial charge in [0.05, 0.1) is 17.8 Å². The van der Waals surface area contributed by atoms with Crippen LogP contribution in [0.15, 0.2) is 30.5 Å². The summed E-state index contributed by atoms with van der Waals surface area (Å²) in [7, 11) is 0. The van der Waals surface area contributed by atoms with E-state index in [4.69, 9.17) is 10.5 Å². The lowest BCUT2D eigenvalue weighted by Crippen LogP contribution is -2.48. The molecule has 1 aliphatic rings. The van der Waals surface area contributed by atoms with Gasteiger partial charge < -0.3 is 10.5 Å². The number of nitrogens with zero attached hydrogens (tertiary/aromatic N) is 2. The van der Waals surface area contributed by atoms with Crippen LogP contribution >= 0.6 is 12.4 Å². The van der Waals surface area contributed by atoms with E-state index in [2.05, 4.69) is 10.2 Å². The average Bonchev–Trinajstić information content (AvgIpc) is 3.16. The first-order chi connectivity index (χ1) is 14.7. The second kappa shape index (κ2) is 9.29. The molecule has 0 unspecified atom stereocenters. The van der Waals surface area contributed by atoms with Gasteiger partial charge in [-0.05, 0) is 44.4 Å². The quantitative estimate of drug-likeness (QED) is 0.551. The number of ether oxygens (including phenoxy) is 1. The first-order valence-electron chi connectivity index (χ1n) is 10.4. The van der Waals surface area contributed by atoms with Crippen molar-refractivity contribution in [3.63, 3.8) is 0 Å². The predicted octanol–water partition coefficient (Wildman–Crippen LogP) is 4.68. The molecule has 0 amide bonds. The van der Waals surface area contributed by atoms with Crippen molar-refractivity contribution in [2.75, 3.05) is 19.7 Å². The predicted molar refractivity (Wildman–Crippen MR) is 121 cm³/mol. The van der Waals surface area contributed by atoms with E-state index in [1.165, 1.54) is 26.0 Å². The molecule has 32 heavy (non-hydrogen) atoms. The lowest BCUT2D eigenvalue weighted by Gasteiger charge is -2.44. The number of nitrogens with two attached hydrogens (primary N) is 1. The van der Waals surface area contributed by atoms with E-state index in [1.54, 1.807) is 6.20 Å². The number of H-pyrrole nitrogens is 1. The van der Waals surface area contributed by atoms with Crippen molar-refractivity contribution in [3.8, 4) is 5.75 Å². The first kappa shape index (κ1) is 24.4. The topological polar surface area (TPSA) is 67.2 Å². The highest BCUT2D eigenvalue weighted by Crippen LogP contribution is 2.43. The van der Waals surface area contributed by atoms with E-state index in [0.717, 1.165) is 22.0 Å². The van der Waals surface area contributed by atoms with Crippen LogP contribution in [0.25, 0.3) is 10.9 Å². The van der Waals surface area contributed by atoms with Crippen molar-refractivity contribution in [3.05, 3.63) is 58.8 Å². The van der Waals surface area contributed by atoms with Crippen molar-refractivity contribution in [1.29, 1.82) is 0 Å². The summed E-state index contributed by atoms with van der Waals surface area (Å²) in [6.07, 6.45) is 2.35. The second-order valence-electron chi connectivity index (χ2n) is 8.75. The Labute approximate surface area is 191 Å². The average molecular weight is 469 g/mol. The Hall–Kier alpha value is -2.29. The summed E-state index contributed by atoms with van der Waals surface area (Å²) in [4.78, 5) is 1.84. The van der Waals surface area contributed by atoms with Gasteiger partial charge in [-0.3, -0.25) is 10.00 Å². The maximum absolute atomic E-state index is 15.3. The van der Waals surface area contributed by atoms with Crippen LogP contribution in [0.1, 0.15) is 43.5 Å². The van der Waals surface area contributed by atoms with Gasteiger partial charge in [0, 0.05) is 42.2 Å². The number of hydrogen-bond donors (Lipinski definition) is 2. The van der Waals surface area contributed by atoms with Crippen LogP contribution in [-0.4, -0.2) is 46.5 Å². The zero-order chi connectivity index (χ0) is 22.3. The van der Waals surface area contributed by atoms with Gasteiger partial charge in [0.1, 0.15) is 29.7 Å². The Bertz CT molecular complexity index is 1080. The van der Waals surface area contributed by atoms with Gasteiger partial charge in [0.25, 0.3) is 0 Å². The molecule has 174 valence electrons. The Morgan fingerprint density at radius 3 is 2.56 bits per heavy atom. The van der Waals surface area contributed by atoms with Crippen molar-refractivity contribution in [1.82, 2.24) is 15.1 Å². The minimum absolute atomic E-state index is 0. The Kier molecular flexibility index (Phi) is 7.07. The molecule has 3 N–H and O–H groups in total. The standard InChI is InChI=1S/C23H27F3N4O.ClH/c1-13-8-16-15(4-5-20-17(16)11-28-29-20)22(30(13)12-23(2,3)26)21-18(24)9-14(10-19(21)25)31-7-6-27;/h4-5,9-11,13,22H,6-8,12,27H2,1-3H3,(H,28,29);1H/t13-,22+;/m1./s1. The number of alkyl halides is 1. The minimum Gasteiger partial charge on any atom is -0.492 e. The van der Waals surface area contributed by atoms with Crippen LogP contribution < -0.4 is 10.5 Å². The van der Waals surface area contributed by atoms with E-state index in [0.29, 0.717) is 6.42 Å². The van der Waals surface area contributed by atoms with Gasteiger partial charge in [-0.25, -0.2) is 13.2 Å². The van der Waals surface area contributed by atoms with E-state index >= 15 is 8.78 Å². The number of benzene rings is 2. The molecule has 5 nitrogen and oxygen atoms in total. The highest BCUT2D eigenvalue weighted by Gasteiger charge is 2.40. The maximum Gasteiger partial charge on any atom is 0.134 e. The van der Waals surface area contributed by atoms with Crippen LogP contribution in [0.2, 0.25) is 0 Å². The van der Waals surface area contributed by atoms with Gasteiger partial charge in [0.2, 0.25) is 0 Å². The molecule has 0 fully saturated rings. The number of rotatable bonds is 6. The third-order valence-corrected chi connectivity index (χ3v) is 5.74. The van der Waals surface area contributed by atoms with Gasteiger partial charge in [-0.15, -0.1) is 12.4 Å². The molecule has 0 radical (unpaired) electrons. The molecular formula is C23H28ClF3N4O. The zero-order valence-corrected chi connectivity index (χ0v) is 19.1. The van der Waals surface area contributed by atoms with E-state index in [9.17, 15) is 4.39 Å². The molecule has 0 saturated heterocycles. The highest BCUT2D eigenvalue weighted by atomic mass is 35.5. The van der Waals surface area contributed by atoms with Gasteiger partial charge >= 0.3 is 0 Å². The molecule has 0 spiro atoms. The highest BCUT2D eigenvalue weighted by molar-refractivity contribution is 5.85. The summed E-state index contributed by atoms with van der Waals surface area (Å²) >= 11 is 0. The molecule has 1 aromatic heterocycles. The van der Waals surface area contributed by atoms with Crippen molar-refractivity contribution >= 4 is 23.3 Å². The molecule has 4 rings (SSSR count). The van der Waals surface area contributed by atoms with Crippen LogP contribution in [0.4, 0.5) is 13.2 Å². The fraction of sp³-hybridized carbons (Fsp3) is 0.435. The largest absolute Gasteiger partial charge is 0.492 e. The summed E-state index contributed by atoms with van der Waals surface area (Å²) in [5, 5.41) is 7.97. The van der Waals surface area contributed by atoms with E-state index < -0.39 is 23.3 Å². The van der Waals surface area contributed by atoms with Crippen LogP contribution in [0, 0.1) is 11.6 Å². The second-order valence-corrected chi connectivity index (χ2v) is 8.75. The number of halogens is 4. The molecule has 2 aromatic carbocycles. The molecule has 9 heteroatoms. The molecule has 1 aliphatic heterocycles. The summed E-state index contributed by atoms with van der Waals surface area (Å²) in [5.74, 6) is -1.38. The zero-order valence-electron chi connectivity index (χ0n) is 18.3. The van der Waals surface area contributed by atoms with Gasteiger partial charge in [0.15, 0.2) is 0 Å². The van der Waals surface area contributed by atoms with Crippen LogP contribution in [-0.2, 0) is 6.42 Å². The molecule has 2 atom stereocenters. The number of aromatic amines is 1. The SMILES string of the molecule is C[C@@H]1Cc2c(ccc3[nH]ncc23)[C@@H](c2c(F)cc(OCCN)cc2F)N1CC(C)(C)F.Cl. The van der Waals surface area contributed by atoms with Crippen LogP contribution in [0.5, 0.6) is 5.75 Å². The number of fused-ring (bicyclic) bond motifs is 3. The Balaban J connectivity index is 0.00000289. The van der Waals surface area contributed by atoms with Gasteiger partial charge in [-0.1, -0.05) is 6.07 Å². The molecular weight excluding hydrogens is 441 g/mol. The lowest BCUT2D eigenvalue weighted by molar-refractivity contribution is 0.0655. The third kappa shape index (κ3) is 4.58. The minimum atomic E-state index is -1.54. The summed E-state index contributed by atoms with van der Waals surface area (Å²) in [5.41, 5.74) is 6.35. The van der Waals surface area contributed by atoms with Crippen molar-refractivity contribution < 1.29 is 17.9 Å². The maximum atomic E-state index is 15.3. The summed E-state index contributed by atoms with van der Waals surface area (Å²) < 4.78 is 50.7. The summed E-state index contributed by atoms with van der Waals surface area (Å²) in [6.45, 7) is 5.33. The van der Waals surface area contributed by atoms with Gasteiger partial charge in [-0.2, -0.15) is 5.10 Å². The smallest absolute Gasteiger partial charge is 0.134 e. The first-order valence-corrected chi connectivity index (χ1v) is 10.4. The number of aromatic nitrogens is 2. The normalized spacial score (nSPS) is 19.0. The molecule has 3 aromatic rings. The molecule has 0 aliphatic carbocycles. The molecule has 2 heterocycles. The van der Waals surface area contributed by atoms with E-state index in [1.807, 2.05) is 24.0 Å². The van der Waals surface area contributed by atoms with Crippen molar-refractivity contribution in [2.24, 2.45) is 5.73 Å². The van der Waals surface area contributed by atoms with Crippen LogP contribution in [0.3, 0.4) is 0 Å². The van der Waals surface area contributed by atoms with Crippen molar-refractivity contribution in [2.45, 2.75) is 44.9 Å². The fourth-order valence-electron chi connectivity index (χ4n) is 4.51.